The van der Waals surface area contributed by atoms with Crippen LogP contribution in [0.5, 0.6) is 0 Å². The molecule has 0 aliphatic carbocycles. The average Bonchev–Trinajstić information content (AvgIpc) is 2.10. The highest BCUT2D eigenvalue weighted by molar-refractivity contribution is 6.02. The predicted molar refractivity (Wildman–Crippen MR) is 69.4 cm³/mol. The summed E-state index contributed by atoms with van der Waals surface area (Å²) < 4.78 is 5.16. The molecule has 1 aliphatic heterocycles. The van der Waals surface area contributed by atoms with E-state index < -0.39 is 17.2 Å². The number of imide groups is 1. The van der Waals surface area contributed by atoms with Crippen molar-refractivity contribution in [1.29, 1.82) is 0 Å². The van der Waals surface area contributed by atoms with Crippen LogP contribution in [0.3, 0.4) is 0 Å². The third kappa shape index (κ3) is 3.94. The number of carbonyl (C=O) groups excluding carboxylic acids is 3. The first-order valence-electron chi connectivity index (χ1n) is 6.25. The molecule has 1 heterocycles. The van der Waals surface area contributed by atoms with Gasteiger partial charge in [0.2, 0.25) is 11.8 Å². The van der Waals surface area contributed by atoms with Crippen LogP contribution >= 0.6 is 0 Å². The van der Waals surface area contributed by atoms with Crippen LogP contribution in [-0.2, 0) is 14.3 Å². The van der Waals surface area contributed by atoms with E-state index in [0.717, 1.165) is 4.90 Å². The summed E-state index contributed by atoms with van der Waals surface area (Å²) in [6, 6.07) is 0. The van der Waals surface area contributed by atoms with Crippen LogP contribution in [0.2, 0.25) is 0 Å². The Labute approximate surface area is 113 Å². The summed E-state index contributed by atoms with van der Waals surface area (Å²) in [5, 5.41) is 0. The molecule has 1 saturated heterocycles. The fourth-order valence-corrected chi connectivity index (χ4v) is 1.87. The highest BCUT2D eigenvalue weighted by Gasteiger charge is 2.40. The lowest BCUT2D eigenvalue weighted by Crippen LogP contribution is -2.61. The summed E-state index contributed by atoms with van der Waals surface area (Å²) in [6.07, 6.45) is -0.636. The Morgan fingerprint density at radius 2 is 1.42 bits per heavy atom. The molecule has 1 rings (SSSR count). The fourth-order valence-electron chi connectivity index (χ4n) is 1.87. The van der Waals surface area contributed by atoms with Crippen molar-refractivity contribution < 1.29 is 19.1 Å². The van der Waals surface area contributed by atoms with E-state index in [-0.39, 0.29) is 24.9 Å². The molecule has 0 aromatic carbocycles. The van der Waals surface area contributed by atoms with Crippen LogP contribution < -0.4 is 0 Å². The minimum Gasteiger partial charge on any atom is -0.444 e. The van der Waals surface area contributed by atoms with Crippen molar-refractivity contribution in [3.8, 4) is 0 Å². The van der Waals surface area contributed by atoms with Gasteiger partial charge in [-0.1, -0.05) is 0 Å². The first kappa shape index (κ1) is 15.5. The zero-order valence-corrected chi connectivity index (χ0v) is 12.4. The van der Waals surface area contributed by atoms with Crippen molar-refractivity contribution in [2.45, 2.75) is 52.7 Å². The summed E-state index contributed by atoms with van der Waals surface area (Å²) in [5.41, 5.74) is -1.22. The van der Waals surface area contributed by atoms with E-state index in [2.05, 4.69) is 0 Å². The number of carbonyl (C=O) groups is 3. The average molecular weight is 270 g/mol. The Bertz CT molecular complexity index is 386. The molecule has 0 unspecified atom stereocenters. The van der Waals surface area contributed by atoms with Gasteiger partial charge in [0.1, 0.15) is 18.7 Å². The Hall–Kier alpha value is -1.59. The first-order valence-corrected chi connectivity index (χ1v) is 6.25. The largest absolute Gasteiger partial charge is 0.444 e. The lowest BCUT2D eigenvalue weighted by molar-refractivity contribution is -0.156. The van der Waals surface area contributed by atoms with Crippen molar-refractivity contribution >= 4 is 17.9 Å². The number of ether oxygens (including phenoxy) is 1. The van der Waals surface area contributed by atoms with Crippen LogP contribution in [0.25, 0.3) is 0 Å². The quantitative estimate of drug-likeness (QED) is 0.624. The van der Waals surface area contributed by atoms with Crippen molar-refractivity contribution in [3.63, 3.8) is 0 Å². The zero-order chi connectivity index (χ0) is 15.0. The molecule has 1 fully saturated rings. The van der Waals surface area contributed by atoms with E-state index in [4.69, 9.17) is 4.74 Å². The third-order valence-electron chi connectivity index (χ3n) is 2.47. The van der Waals surface area contributed by atoms with Crippen LogP contribution in [0.15, 0.2) is 0 Å². The molecule has 0 bridgehead atoms. The highest BCUT2D eigenvalue weighted by atomic mass is 16.6. The first-order chi connectivity index (χ1) is 8.42. The van der Waals surface area contributed by atoms with Gasteiger partial charge in [-0.05, 0) is 41.5 Å². The van der Waals surface area contributed by atoms with Crippen LogP contribution in [0, 0.1) is 0 Å². The Morgan fingerprint density at radius 1 is 1.00 bits per heavy atom. The Morgan fingerprint density at radius 3 is 1.74 bits per heavy atom. The van der Waals surface area contributed by atoms with Gasteiger partial charge in [0.15, 0.2) is 0 Å². The van der Waals surface area contributed by atoms with Gasteiger partial charge in [-0.2, -0.15) is 0 Å². The van der Waals surface area contributed by atoms with E-state index >= 15 is 0 Å². The van der Waals surface area contributed by atoms with Crippen LogP contribution in [-0.4, -0.2) is 51.9 Å². The maximum absolute atomic E-state index is 12.0. The normalized spacial score (nSPS) is 17.8. The molecule has 0 aromatic heterocycles. The molecule has 1 aliphatic rings. The molecular formula is C13H22N2O4. The molecule has 0 spiro atoms. The fraction of sp³-hybridized carbons (Fsp3) is 0.769. The number of amides is 3. The molecule has 0 N–H and O–H groups in total. The highest BCUT2D eigenvalue weighted by Crippen LogP contribution is 2.19. The number of piperazine rings is 1. The zero-order valence-electron chi connectivity index (χ0n) is 12.4. The minimum atomic E-state index is -0.648. The topological polar surface area (TPSA) is 66.9 Å². The van der Waals surface area contributed by atoms with Crippen molar-refractivity contribution in [2.75, 3.05) is 13.1 Å². The van der Waals surface area contributed by atoms with Gasteiger partial charge in [0.25, 0.3) is 0 Å². The molecule has 0 aromatic rings. The van der Waals surface area contributed by atoms with Crippen molar-refractivity contribution in [2.24, 2.45) is 0 Å². The second kappa shape index (κ2) is 4.83. The summed E-state index contributed by atoms with van der Waals surface area (Å²) in [7, 11) is 0. The standard InChI is InChI=1S/C13H22N2O4/c1-12(2,3)15-9(16)7-14(8-10(15)17)11(18)19-13(4,5)6/h7-8H2,1-6H3. The Kier molecular flexibility index (Phi) is 3.93. The van der Waals surface area contributed by atoms with E-state index in [1.807, 2.05) is 0 Å². The maximum atomic E-state index is 12.0. The monoisotopic (exact) mass is 270 g/mol. The van der Waals surface area contributed by atoms with Crippen molar-refractivity contribution in [1.82, 2.24) is 9.80 Å². The van der Waals surface area contributed by atoms with Gasteiger partial charge in [0.05, 0.1) is 0 Å². The van der Waals surface area contributed by atoms with Gasteiger partial charge in [-0.25, -0.2) is 4.79 Å². The summed E-state index contributed by atoms with van der Waals surface area (Å²) in [5.74, 6) is -0.760. The molecule has 6 nitrogen and oxygen atoms in total. The van der Waals surface area contributed by atoms with Crippen LogP contribution in [0.4, 0.5) is 4.79 Å². The van der Waals surface area contributed by atoms with Gasteiger partial charge in [-0.3, -0.25) is 19.4 Å². The second-order valence-corrected chi connectivity index (χ2v) is 6.63. The van der Waals surface area contributed by atoms with E-state index in [1.165, 1.54) is 4.90 Å². The molecule has 0 atom stereocenters. The molecule has 6 heteroatoms. The number of nitrogens with zero attached hydrogens (tertiary/aromatic N) is 2. The number of hydrogen-bond donors (Lipinski definition) is 0. The van der Waals surface area contributed by atoms with Crippen molar-refractivity contribution in [3.05, 3.63) is 0 Å². The number of rotatable bonds is 0. The van der Waals surface area contributed by atoms with E-state index in [0.29, 0.717) is 0 Å². The summed E-state index contributed by atoms with van der Waals surface area (Å²) in [4.78, 5) is 38.2. The lowest BCUT2D eigenvalue weighted by Gasteiger charge is -2.40. The summed E-state index contributed by atoms with van der Waals surface area (Å²) in [6.45, 7) is 10.3. The smallest absolute Gasteiger partial charge is 0.411 e. The van der Waals surface area contributed by atoms with Crippen LogP contribution in [0.1, 0.15) is 41.5 Å². The molecular weight excluding hydrogens is 248 g/mol. The third-order valence-corrected chi connectivity index (χ3v) is 2.47. The Balaban J connectivity index is 2.79. The van der Waals surface area contributed by atoms with Gasteiger partial charge in [-0.15, -0.1) is 0 Å². The van der Waals surface area contributed by atoms with Gasteiger partial charge >= 0.3 is 6.09 Å². The SMILES string of the molecule is CC(C)(C)OC(=O)N1CC(=O)N(C(C)(C)C)C(=O)C1. The van der Waals surface area contributed by atoms with E-state index in [1.54, 1.807) is 41.5 Å². The van der Waals surface area contributed by atoms with E-state index in [9.17, 15) is 14.4 Å². The number of hydrogen-bond acceptors (Lipinski definition) is 4. The van der Waals surface area contributed by atoms with Gasteiger partial charge < -0.3 is 4.74 Å². The molecule has 0 saturated carbocycles. The maximum Gasteiger partial charge on any atom is 0.411 e. The molecule has 19 heavy (non-hydrogen) atoms. The lowest BCUT2D eigenvalue weighted by atomic mass is 10.0. The molecule has 108 valence electrons. The second-order valence-electron chi connectivity index (χ2n) is 6.63. The van der Waals surface area contributed by atoms with Gasteiger partial charge in [0, 0.05) is 5.54 Å². The summed E-state index contributed by atoms with van der Waals surface area (Å²) >= 11 is 0. The minimum absolute atomic E-state index is 0.127. The molecule has 3 amide bonds. The predicted octanol–water partition coefficient (Wildman–Crippen LogP) is 1.39. The molecule has 0 radical (unpaired) electrons.